The van der Waals surface area contributed by atoms with Gasteiger partial charge in [-0.05, 0) is 179 Å². The summed E-state index contributed by atoms with van der Waals surface area (Å²) in [5.41, 5.74) is -11.3. The zero-order chi connectivity index (χ0) is 57.1. The van der Waals surface area contributed by atoms with E-state index in [1.54, 1.807) is 26.0 Å². The van der Waals surface area contributed by atoms with Crippen LogP contribution in [0.4, 0.5) is 0 Å². The van der Waals surface area contributed by atoms with Crippen LogP contribution in [0.15, 0.2) is 71.3 Å². The van der Waals surface area contributed by atoms with Crippen LogP contribution in [0, 0.1) is 45.3 Å². The number of carbonyl (C=O) groups excluding carboxylic acids is 4. The summed E-state index contributed by atoms with van der Waals surface area (Å²) in [4.78, 5) is 51.1. The summed E-state index contributed by atoms with van der Waals surface area (Å²) in [5.74, 6) is -1.21. The number of hydrogen-bond acceptors (Lipinski definition) is 16. The number of carbonyl (C=O) groups is 4. The quantitative estimate of drug-likeness (QED) is 0.122. The van der Waals surface area contributed by atoms with Crippen LogP contribution in [0.1, 0.15) is 160 Å². The van der Waals surface area contributed by atoms with Gasteiger partial charge >= 0.3 is 11.9 Å². The molecule has 0 bridgehead atoms. The van der Waals surface area contributed by atoms with Crippen molar-refractivity contribution in [3.63, 3.8) is 0 Å². The highest BCUT2D eigenvalue weighted by Crippen LogP contribution is 2.77. The van der Waals surface area contributed by atoms with Gasteiger partial charge in [0.25, 0.3) is 0 Å². The Morgan fingerprint density at radius 1 is 0.590 bits per heavy atom. The number of ether oxygens (including phenoxy) is 6. The van der Waals surface area contributed by atoms with E-state index in [1.807, 2.05) is 55.4 Å². The number of aliphatic hydroxyl groups is 6. The molecule has 6 unspecified atom stereocenters. The first-order chi connectivity index (χ1) is 36.0. The largest absolute Gasteiger partial charge is 0.487 e. The molecule has 16 heteroatoms. The molecule has 0 radical (unpaired) electrons. The van der Waals surface area contributed by atoms with E-state index in [2.05, 4.69) is 13.2 Å². The summed E-state index contributed by atoms with van der Waals surface area (Å²) in [5, 5.41) is 74.4. The SMILES string of the molecule is C=C1OC([C@](C)(O)[C@]2(O)CC[C@@]3(O)C4C[C@H]5O[C@]56[C@@H](OC(C)=O)C=CC(=O)[C@]6(C)C4CC[C@]23C)CC(C)=C1C.C=C1OC([C@](C)(O)[C@]2(O)CC[C@@]3(O)C4C[C@H]5O[C@]56[C@H](OC(C)=O)C=CC(=O)[C@]6(C)C4CC[C@]23C)CC(C)=C1C. The molecule has 16 nitrogen and oxygen atoms in total. The van der Waals surface area contributed by atoms with Gasteiger partial charge in [0.1, 0.15) is 57.3 Å². The number of ketones is 2. The number of esters is 2. The van der Waals surface area contributed by atoms with Gasteiger partial charge in [-0.3, -0.25) is 19.2 Å². The molecule has 428 valence electrons. The number of epoxide rings is 2. The number of rotatable bonds is 6. The molecule has 4 heterocycles. The van der Waals surface area contributed by atoms with Crippen molar-refractivity contribution in [2.45, 2.75) is 242 Å². The molecule has 78 heavy (non-hydrogen) atoms. The maximum Gasteiger partial charge on any atom is 0.303 e. The van der Waals surface area contributed by atoms with Crippen LogP contribution < -0.4 is 0 Å². The van der Waals surface area contributed by atoms with E-state index in [4.69, 9.17) is 28.4 Å². The maximum absolute atomic E-state index is 13.6. The second-order valence-corrected chi connectivity index (χ2v) is 27.5. The second-order valence-electron chi connectivity index (χ2n) is 27.5. The van der Waals surface area contributed by atoms with Crippen LogP contribution in [0.2, 0.25) is 0 Å². The van der Waals surface area contributed by atoms with Gasteiger partial charge in [0.15, 0.2) is 23.8 Å². The van der Waals surface area contributed by atoms with Crippen molar-refractivity contribution in [2.75, 3.05) is 0 Å². The summed E-state index contributed by atoms with van der Waals surface area (Å²) < 4.78 is 36.1. The van der Waals surface area contributed by atoms with Crippen molar-refractivity contribution in [3.8, 4) is 0 Å². The van der Waals surface area contributed by atoms with Crippen molar-refractivity contribution in [1.29, 1.82) is 0 Å². The van der Waals surface area contributed by atoms with Crippen LogP contribution in [0.25, 0.3) is 0 Å². The Hall–Kier alpha value is -4.00. The second kappa shape index (κ2) is 16.8. The predicted octanol–water partition coefficient (Wildman–Crippen LogP) is 6.57. The van der Waals surface area contributed by atoms with Crippen molar-refractivity contribution in [2.24, 2.45) is 45.3 Å². The third-order valence-electron chi connectivity index (χ3n) is 25.0. The molecule has 0 amide bonds. The monoisotopic (exact) mass is 1080 g/mol. The van der Waals surface area contributed by atoms with Gasteiger partial charge in [0.2, 0.25) is 0 Å². The molecule has 12 aliphatic rings. The molecule has 22 atom stereocenters. The van der Waals surface area contributed by atoms with Gasteiger partial charge in [0, 0.05) is 37.5 Å². The van der Waals surface area contributed by atoms with Crippen LogP contribution in [-0.4, -0.2) is 136 Å². The smallest absolute Gasteiger partial charge is 0.303 e. The Morgan fingerprint density at radius 3 is 1.26 bits per heavy atom. The lowest BCUT2D eigenvalue weighted by Gasteiger charge is -2.63. The van der Waals surface area contributed by atoms with E-state index in [0.29, 0.717) is 62.9 Å². The molecule has 6 saturated carbocycles. The fourth-order valence-electron chi connectivity index (χ4n) is 19.6. The average Bonchev–Trinajstić information content (AvgIpc) is 4.32. The van der Waals surface area contributed by atoms with Gasteiger partial charge < -0.3 is 59.1 Å². The molecular formula is C62H84O16. The highest BCUT2D eigenvalue weighted by molar-refractivity contribution is 5.99. The Bertz CT molecular complexity index is 2650. The summed E-state index contributed by atoms with van der Waals surface area (Å²) in [6, 6.07) is 0. The summed E-state index contributed by atoms with van der Waals surface area (Å²) in [6.45, 7) is 29.4. The van der Waals surface area contributed by atoms with E-state index in [9.17, 15) is 49.8 Å². The highest BCUT2D eigenvalue weighted by Gasteiger charge is 2.87. The van der Waals surface area contributed by atoms with Gasteiger partial charge in [-0.15, -0.1) is 0 Å². The Kier molecular flexibility index (Phi) is 12.1. The average molecular weight is 1090 g/mol. The molecule has 8 aliphatic carbocycles. The van der Waals surface area contributed by atoms with Crippen molar-refractivity contribution >= 4 is 23.5 Å². The standard InChI is InChI=1S/2C31H42O8/c2*1-16-14-24(37-18(3)17(16)2)28(7,34)30(36)13-12-29(35)21-15-25-31(39-25)23(38-19(4)32)9-8-22(33)27(31,6)20(21)10-11-26(29,30)5/h2*8-9,20-21,23-25,34-36H,3,10-15H2,1-2,4-7H3/t20?,21?,23-,24?,25+,26-,27-,28-,29+,30-,31+;20?,21?,23-,24?,25-,26+,27+,28+,29-,30+,31-/m01/s1. The fraction of sp³-hybridized carbons (Fsp3) is 0.742. The first-order valence-corrected chi connectivity index (χ1v) is 28.6. The van der Waals surface area contributed by atoms with E-state index >= 15 is 0 Å². The number of fused-ring (bicyclic) bond motifs is 8. The normalized spacial score (nSPS) is 51.7. The van der Waals surface area contributed by atoms with Gasteiger partial charge in [-0.2, -0.15) is 0 Å². The minimum atomic E-state index is -1.67. The summed E-state index contributed by atoms with van der Waals surface area (Å²) in [7, 11) is 0. The van der Waals surface area contributed by atoms with Crippen LogP contribution in [0.3, 0.4) is 0 Å². The van der Waals surface area contributed by atoms with Crippen LogP contribution in [-0.2, 0) is 47.6 Å². The summed E-state index contributed by atoms with van der Waals surface area (Å²) in [6.07, 6.45) is 7.56. The molecule has 0 aromatic carbocycles. The molecule has 6 N–H and O–H groups in total. The molecule has 4 aliphatic heterocycles. The van der Waals surface area contributed by atoms with Gasteiger partial charge in [-0.25, -0.2) is 0 Å². The van der Waals surface area contributed by atoms with E-state index < -0.39 is 103 Å². The lowest BCUT2D eigenvalue weighted by Crippen LogP contribution is -2.73. The van der Waals surface area contributed by atoms with Crippen molar-refractivity contribution < 1.29 is 78.2 Å². The molecule has 2 spiro atoms. The molecule has 8 fully saturated rings. The Balaban J connectivity index is 0.000000165. The zero-order valence-corrected chi connectivity index (χ0v) is 47.7. The van der Waals surface area contributed by atoms with E-state index in [-0.39, 0.29) is 73.1 Å². The number of hydrogen-bond donors (Lipinski definition) is 6. The molecule has 0 aromatic rings. The fourth-order valence-corrected chi connectivity index (χ4v) is 19.6. The molecule has 0 aromatic heterocycles. The Morgan fingerprint density at radius 2 is 0.936 bits per heavy atom. The van der Waals surface area contributed by atoms with E-state index in [0.717, 1.165) is 22.3 Å². The first-order valence-electron chi connectivity index (χ1n) is 28.6. The lowest BCUT2D eigenvalue weighted by atomic mass is 9.42. The number of allylic oxidation sites excluding steroid dienone is 4. The topological polar surface area (TPSA) is 252 Å². The van der Waals surface area contributed by atoms with E-state index in [1.165, 1.54) is 26.0 Å². The van der Waals surface area contributed by atoms with Crippen molar-refractivity contribution in [1.82, 2.24) is 0 Å². The van der Waals surface area contributed by atoms with Gasteiger partial charge in [-0.1, -0.05) is 38.2 Å². The molecular weight excluding hydrogens is 1000 g/mol. The lowest BCUT2D eigenvalue weighted by molar-refractivity contribution is -0.282. The maximum atomic E-state index is 13.6. The van der Waals surface area contributed by atoms with Crippen LogP contribution >= 0.6 is 0 Å². The zero-order valence-electron chi connectivity index (χ0n) is 47.7. The minimum Gasteiger partial charge on any atom is -0.487 e. The predicted molar refractivity (Wildman–Crippen MR) is 282 cm³/mol. The van der Waals surface area contributed by atoms with Crippen LogP contribution in [0.5, 0.6) is 0 Å². The summed E-state index contributed by atoms with van der Waals surface area (Å²) >= 11 is 0. The molecule has 12 rings (SSSR count). The van der Waals surface area contributed by atoms with Gasteiger partial charge in [0.05, 0.1) is 34.2 Å². The Labute approximate surface area is 458 Å². The third-order valence-corrected chi connectivity index (χ3v) is 25.0. The highest BCUT2D eigenvalue weighted by atomic mass is 16.7. The van der Waals surface area contributed by atoms with Crippen molar-refractivity contribution in [3.05, 3.63) is 71.3 Å². The first kappa shape index (κ1) is 55.9. The third kappa shape index (κ3) is 6.41. The molecule has 2 saturated heterocycles. The minimum absolute atomic E-state index is 0.0812.